The monoisotopic (exact) mass is 322 g/mol. The van der Waals surface area contributed by atoms with Crippen LogP contribution in [-0.2, 0) is 0 Å². The van der Waals surface area contributed by atoms with Gasteiger partial charge in [0.25, 0.3) is 0 Å². The Labute approximate surface area is 120 Å². The van der Waals surface area contributed by atoms with E-state index in [-0.39, 0.29) is 11.7 Å². The maximum Gasteiger partial charge on any atom is 0.379 e. The van der Waals surface area contributed by atoms with Gasteiger partial charge in [-0.15, -0.1) is 0 Å². The van der Waals surface area contributed by atoms with Gasteiger partial charge in [0.2, 0.25) is 5.76 Å². The summed E-state index contributed by atoms with van der Waals surface area (Å²) in [4.78, 5) is 12.0. The highest BCUT2D eigenvalue weighted by atomic mass is 79.9. The van der Waals surface area contributed by atoms with Crippen LogP contribution in [0.5, 0.6) is 5.75 Å². The van der Waals surface area contributed by atoms with Gasteiger partial charge in [-0.3, -0.25) is 0 Å². The van der Waals surface area contributed by atoms with E-state index in [4.69, 9.17) is 9.15 Å². The highest BCUT2D eigenvalue weighted by Crippen LogP contribution is 2.28. The van der Waals surface area contributed by atoms with Crippen molar-refractivity contribution < 1.29 is 13.9 Å². The molecular formula is C15H15BrO3. The Morgan fingerprint density at radius 3 is 2.58 bits per heavy atom. The molecule has 0 saturated heterocycles. The zero-order chi connectivity index (χ0) is 14.0. The molecule has 0 spiro atoms. The Kier molecular flexibility index (Phi) is 4.10. The van der Waals surface area contributed by atoms with Gasteiger partial charge in [0.05, 0.1) is 0 Å². The Morgan fingerprint density at radius 1 is 1.26 bits per heavy atom. The van der Waals surface area contributed by atoms with Crippen molar-refractivity contribution in [3.8, 4) is 5.75 Å². The molecule has 0 amide bonds. The van der Waals surface area contributed by atoms with Gasteiger partial charge in [-0.05, 0) is 58.1 Å². The predicted octanol–water partition coefficient (Wildman–Crippen LogP) is 4.69. The van der Waals surface area contributed by atoms with Crippen LogP contribution in [0.2, 0.25) is 0 Å². The van der Waals surface area contributed by atoms with E-state index in [2.05, 4.69) is 29.8 Å². The smallest absolute Gasteiger partial charge is 0.379 e. The molecular weight excluding hydrogens is 308 g/mol. The van der Waals surface area contributed by atoms with Gasteiger partial charge in [0.1, 0.15) is 5.75 Å². The lowest BCUT2D eigenvalue weighted by molar-refractivity contribution is 0.0698. The molecule has 0 saturated carbocycles. The maximum absolute atomic E-state index is 12.0. The van der Waals surface area contributed by atoms with Crippen molar-refractivity contribution in [1.82, 2.24) is 0 Å². The Morgan fingerprint density at radius 2 is 2.00 bits per heavy atom. The molecule has 0 unspecified atom stereocenters. The number of furan rings is 1. The first-order chi connectivity index (χ1) is 8.97. The van der Waals surface area contributed by atoms with Gasteiger partial charge < -0.3 is 9.15 Å². The summed E-state index contributed by atoms with van der Waals surface area (Å²) in [5.41, 5.74) is 2.05. The molecule has 4 heteroatoms. The van der Waals surface area contributed by atoms with Crippen LogP contribution in [0.1, 0.15) is 41.4 Å². The van der Waals surface area contributed by atoms with E-state index >= 15 is 0 Å². The Balaban J connectivity index is 2.27. The van der Waals surface area contributed by atoms with Crippen LogP contribution < -0.4 is 4.74 Å². The molecule has 1 heterocycles. The van der Waals surface area contributed by atoms with E-state index < -0.39 is 5.97 Å². The molecule has 0 aliphatic heterocycles. The van der Waals surface area contributed by atoms with Crippen molar-refractivity contribution in [3.63, 3.8) is 0 Å². The summed E-state index contributed by atoms with van der Waals surface area (Å²) in [6, 6.07) is 9.11. The first kappa shape index (κ1) is 13.9. The molecule has 19 heavy (non-hydrogen) atoms. The van der Waals surface area contributed by atoms with E-state index in [0.29, 0.717) is 10.4 Å². The van der Waals surface area contributed by atoms with Crippen LogP contribution >= 0.6 is 15.9 Å². The van der Waals surface area contributed by atoms with Crippen LogP contribution in [0.3, 0.4) is 0 Å². The average molecular weight is 323 g/mol. The number of esters is 1. The quantitative estimate of drug-likeness (QED) is 0.607. The summed E-state index contributed by atoms with van der Waals surface area (Å²) in [5.74, 6) is 0.570. The van der Waals surface area contributed by atoms with E-state index in [1.54, 1.807) is 12.1 Å². The third-order valence-electron chi connectivity index (χ3n) is 2.77. The summed E-state index contributed by atoms with van der Waals surface area (Å²) in [6.07, 6.45) is 0. The van der Waals surface area contributed by atoms with Crippen molar-refractivity contribution in [3.05, 3.63) is 51.9 Å². The number of aryl methyl sites for hydroxylation is 1. The second-order valence-electron chi connectivity index (χ2n) is 4.69. The van der Waals surface area contributed by atoms with Crippen LogP contribution in [0, 0.1) is 6.92 Å². The summed E-state index contributed by atoms with van der Waals surface area (Å²) in [5, 5.41) is 0. The van der Waals surface area contributed by atoms with Crippen molar-refractivity contribution in [2.24, 2.45) is 0 Å². The number of carbonyl (C=O) groups is 1. The summed E-state index contributed by atoms with van der Waals surface area (Å²) in [6.45, 7) is 6.09. The molecule has 1 aromatic carbocycles. The minimum Gasteiger partial charge on any atom is -0.442 e. The number of ether oxygens (including phenoxy) is 1. The van der Waals surface area contributed by atoms with Gasteiger partial charge >= 0.3 is 5.97 Å². The summed E-state index contributed by atoms with van der Waals surface area (Å²) < 4.78 is 11.1. The number of benzene rings is 1. The average Bonchev–Trinajstić information content (AvgIpc) is 2.75. The number of hydrogen-bond donors (Lipinski definition) is 0. The van der Waals surface area contributed by atoms with Crippen LogP contribution in [-0.4, -0.2) is 5.97 Å². The molecule has 0 bridgehead atoms. The third kappa shape index (κ3) is 3.26. The molecule has 0 aliphatic carbocycles. The molecule has 1 aromatic heterocycles. The highest BCUT2D eigenvalue weighted by Gasteiger charge is 2.16. The topological polar surface area (TPSA) is 39.4 Å². The predicted molar refractivity (Wildman–Crippen MR) is 76.6 cm³/mol. The fourth-order valence-electron chi connectivity index (χ4n) is 1.78. The van der Waals surface area contributed by atoms with Crippen LogP contribution in [0.4, 0.5) is 0 Å². The SMILES string of the molecule is Cc1ccc(C(C)C)c(OC(=O)c2ccc(Br)o2)c1. The standard InChI is InChI=1S/C15H15BrO3/c1-9(2)11-5-4-10(3)8-13(11)19-15(17)12-6-7-14(16)18-12/h4-9H,1-3H3. The van der Waals surface area contributed by atoms with Gasteiger partial charge in [-0.1, -0.05) is 26.0 Å². The Bertz CT molecular complexity index is 599. The second kappa shape index (κ2) is 5.61. The van der Waals surface area contributed by atoms with Crippen LogP contribution in [0.25, 0.3) is 0 Å². The fraction of sp³-hybridized carbons (Fsp3) is 0.267. The van der Waals surface area contributed by atoms with Gasteiger partial charge in [0.15, 0.2) is 4.67 Å². The molecule has 3 nitrogen and oxygen atoms in total. The minimum absolute atomic E-state index is 0.183. The number of halogens is 1. The first-order valence-corrected chi connectivity index (χ1v) is 6.84. The first-order valence-electron chi connectivity index (χ1n) is 6.05. The van der Waals surface area contributed by atoms with Gasteiger partial charge in [-0.2, -0.15) is 0 Å². The van der Waals surface area contributed by atoms with Crippen molar-refractivity contribution in [2.75, 3.05) is 0 Å². The summed E-state index contributed by atoms with van der Waals surface area (Å²) in [7, 11) is 0. The molecule has 0 fully saturated rings. The Hall–Kier alpha value is -1.55. The number of hydrogen-bond acceptors (Lipinski definition) is 3. The molecule has 0 N–H and O–H groups in total. The number of carbonyl (C=O) groups excluding carboxylic acids is 1. The lowest BCUT2D eigenvalue weighted by atomic mass is 10.0. The molecule has 0 radical (unpaired) electrons. The lowest BCUT2D eigenvalue weighted by Gasteiger charge is -2.12. The highest BCUT2D eigenvalue weighted by molar-refractivity contribution is 9.10. The zero-order valence-electron chi connectivity index (χ0n) is 11.1. The zero-order valence-corrected chi connectivity index (χ0v) is 12.7. The van der Waals surface area contributed by atoms with Gasteiger partial charge in [-0.25, -0.2) is 4.79 Å². The molecule has 2 rings (SSSR count). The van der Waals surface area contributed by atoms with E-state index in [9.17, 15) is 4.79 Å². The number of rotatable bonds is 3. The van der Waals surface area contributed by atoms with Gasteiger partial charge in [0, 0.05) is 0 Å². The van der Waals surface area contributed by atoms with Crippen molar-refractivity contribution in [2.45, 2.75) is 26.7 Å². The summed E-state index contributed by atoms with van der Waals surface area (Å²) >= 11 is 3.16. The molecule has 100 valence electrons. The third-order valence-corrected chi connectivity index (χ3v) is 3.19. The minimum atomic E-state index is -0.488. The second-order valence-corrected chi connectivity index (χ2v) is 5.47. The molecule has 2 aromatic rings. The molecule has 0 atom stereocenters. The fourth-order valence-corrected chi connectivity index (χ4v) is 2.09. The largest absolute Gasteiger partial charge is 0.442 e. The lowest BCUT2D eigenvalue weighted by Crippen LogP contribution is -2.09. The molecule has 0 aliphatic rings. The maximum atomic E-state index is 12.0. The van der Waals surface area contributed by atoms with Crippen molar-refractivity contribution in [1.29, 1.82) is 0 Å². The van der Waals surface area contributed by atoms with Crippen LogP contribution in [0.15, 0.2) is 39.4 Å². The normalized spacial score (nSPS) is 10.8. The van der Waals surface area contributed by atoms with E-state index in [0.717, 1.165) is 11.1 Å². The van der Waals surface area contributed by atoms with E-state index in [1.165, 1.54) is 0 Å². The van der Waals surface area contributed by atoms with Crippen molar-refractivity contribution >= 4 is 21.9 Å². The van der Waals surface area contributed by atoms with E-state index in [1.807, 2.05) is 25.1 Å².